The minimum Gasteiger partial charge on any atom is -0.330 e. The Morgan fingerprint density at radius 3 is 3.00 bits per heavy atom. The van der Waals surface area contributed by atoms with E-state index in [-0.39, 0.29) is 11.3 Å². The van der Waals surface area contributed by atoms with Gasteiger partial charge >= 0.3 is 0 Å². The van der Waals surface area contributed by atoms with Crippen molar-refractivity contribution in [2.24, 2.45) is 11.1 Å². The van der Waals surface area contributed by atoms with Crippen LogP contribution in [-0.4, -0.2) is 42.0 Å². The molecule has 0 aromatic carbocycles. The maximum Gasteiger partial charge on any atom is 0.239 e. The number of hydrogen-bond donors (Lipinski definition) is 2. The van der Waals surface area contributed by atoms with E-state index >= 15 is 0 Å². The van der Waals surface area contributed by atoms with Gasteiger partial charge in [0.05, 0.1) is 11.6 Å². The highest BCUT2D eigenvalue weighted by molar-refractivity contribution is 6.30. The van der Waals surface area contributed by atoms with E-state index in [0.717, 1.165) is 19.5 Å². The summed E-state index contributed by atoms with van der Waals surface area (Å²) in [5, 5.41) is 3.31. The number of nitrogens with zero attached hydrogens (tertiary/aromatic N) is 2. The van der Waals surface area contributed by atoms with Gasteiger partial charge in [0.2, 0.25) is 5.91 Å². The third-order valence-electron chi connectivity index (χ3n) is 3.49. The van der Waals surface area contributed by atoms with Gasteiger partial charge in [-0.3, -0.25) is 9.69 Å². The molecular weight excluding hydrogens is 264 g/mol. The molecule has 0 radical (unpaired) electrons. The Bertz CT molecular complexity index is 450. The van der Waals surface area contributed by atoms with Crippen molar-refractivity contribution in [1.82, 2.24) is 9.88 Å². The van der Waals surface area contributed by atoms with Crippen LogP contribution in [0.5, 0.6) is 0 Å². The summed E-state index contributed by atoms with van der Waals surface area (Å²) in [6.07, 6.45) is 2.55. The minimum atomic E-state index is -0.0592. The van der Waals surface area contributed by atoms with E-state index in [9.17, 15) is 4.79 Å². The highest BCUT2D eigenvalue weighted by atomic mass is 35.5. The lowest BCUT2D eigenvalue weighted by Crippen LogP contribution is -2.35. The number of nitrogens with two attached hydrogens (primary N) is 1. The Labute approximate surface area is 118 Å². The largest absolute Gasteiger partial charge is 0.330 e. The number of aromatic nitrogens is 1. The highest BCUT2D eigenvalue weighted by Gasteiger charge is 2.33. The zero-order valence-corrected chi connectivity index (χ0v) is 11.8. The third kappa shape index (κ3) is 3.89. The Kier molecular flexibility index (Phi) is 4.39. The van der Waals surface area contributed by atoms with Gasteiger partial charge in [-0.25, -0.2) is 4.98 Å². The first kappa shape index (κ1) is 14.2. The highest BCUT2D eigenvalue weighted by Crippen LogP contribution is 2.28. The summed E-state index contributed by atoms with van der Waals surface area (Å²) >= 11 is 5.74. The van der Waals surface area contributed by atoms with Crippen LogP contribution in [0.3, 0.4) is 0 Å². The zero-order chi connectivity index (χ0) is 13.9. The fourth-order valence-corrected chi connectivity index (χ4v) is 2.37. The molecule has 2 heterocycles. The van der Waals surface area contributed by atoms with Crippen LogP contribution in [0.15, 0.2) is 18.3 Å². The Morgan fingerprint density at radius 2 is 2.42 bits per heavy atom. The van der Waals surface area contributed by atoms with Crippen molar-refractivity contribution in [3.8, 4) is 0 Å². The molecule has 0 saturated carbocycles. The van der Waals surface area contributed by atoms with Crippen molar-refractivity contribution in [2.75, 3.05) is 31.5 Å². The Morgan fingerprint density at radius 1 is 1.63 bits per heavy atom. The maximum absolute atomic E-state index is 11.9. The van der Waals surface area contributed by atoms with Gasteiger partial charge in [-0.05, 0) is 37.1 Å². The number of carbonyl (C=O) groups excluding carboxylic acids is 1. The molecule has 1 aliphatic heterocycles. The molecule has 19 heavy (non-hydrogen) atoms. The van der Waals surface area contributed by atoms with E-state index in [0.29, 0.717) is 23.9 Å². The summed E-state index contributed by atoms with van der Waals surface area (Å²) in [7, 11) is 0. The van der Waals surface area contributed by atoms with Crippen LogP contribution in [0, 0.1) is 5.41 Å². The minimum absolute atomic E-state index is 0.0592. The molecule has 1 atom stereocenters. The molecule has 1 fully saturated rings. The van der Waals surface area contributed by atoms with Crippen molar-refractivity contribution >= 4 is 23.3 Å². The zero-order valence-electron chi connectivity index (χ0n) is 11.0. The second-order valence-electron chi connectivity index (χ2n) is 5.39. The molecule has 0 bridgehead atoms. The average molecular weight is 283 g/mol. The van der Waals surface area contributed by atoms with Gasteiger partial charge < -0.3 is 11.1 Å². The summed E-state index contributed by atoms with van der Waals surface area (Å²) < 4.78 is 0. The van der Waals surface area contributed by atoms with Crippen LogP contribution in [0.25, 0.3) is 0 Å². The van der Waals surface area contributed by atoms with Gasteiger partial charge in [-0.2, -0.15) is 0 Å². The molecule has 104 valence electrons. The second-order valence-corrected chi connectivity index (χ2v) is 5.82. The third-order valence-corrected chi connectivity index (χ3v) is 3.72. The van der Waals surface area contributed by atoms with Crippen LogP contribution in [-0.2, 0) is 4.79 Å². The van der Waals surface area contributed by atoms with Crippen LogP contribution >= 0.6 is 11.6 Å². The lowest BCUT2D eigenvalue weighted by Gasteiger charge is -2.22. The fourth-order valence-electron chi connectivity index (χ4n) is 2.26. The van der Waals surface area contributed by atoms with Crippen molar-refractivity contribution in [3.05, 3.63) is 23.4 Å². The van der Waals surface area contributed by atoms with E-state index < -0.39 is 0 Å². The molecule has 1 saturated heterocycles. The van der Waals surface area contributed by atoms with Crippen molar-refractivity contribution in [3.63, 3.8) is 0 Å². The first-order valence-corrected chi connectivity index (χ1v) is 6.72. The smallest absolute Gasteiger partial charge is 0.239 e. The number of pyridine rings is 1. The summed E-state index contributed by atoms with van der Waals surface area (Å²) in [4.78, 5) is 18.1. The number of hydrogen-bond acceptors (Lipinski definition) is 4. The lowest BCUT2D eigenvalue weighted by atomic mass is 9.90. The molecule has 5 nitrogen and oxygen atoms in total. The summed E-state index contributed by atoms with van der Waals surface area (Å²) in [6.45, 7) is 4.97. The monoisotopic (exact) mass is 282 g/mol. The van der Waals surface area contributed by atoms with E-state index in [1.807, 2.05) is 0 Å². The van der Waals surface area contributed by atoms with Crippen LogP contribution in [0.2, 0.25) is 5.02 Å². The molecule has 1 unspecified atom stereocenters. The molecule has 1 aromatic heterocycles. The van der Waals surface area contributed by atoms with Crippen molar-refractivity contribution in [2.45, 2.75) is 13.3 Å². The number of carbonyl (C=O) groups is 1. The van der Waals surface area contributed by atoms with E-state index in [1.165, 1.54) is 6.20 Å². The molecule has 2 rings (SSSR count). The number of nitrogens with one attached hydrogen (secondary N) is 1. The summed E-state index contributed by atoms with van der Waals surface area (Å²) in [6, 6.07) is 3.39. The molecule has 3 N–H and O–H groups in total. The fraction of sp³-hybridized carbons (Fsp3) is 0.538. The Hall–Kier alpha value is -1.17. The number of halogens is 1. The quantitative estimate of drug-likeness (QED) is 0.874. The van der Waals surface area contributed by atoms with Gasteiger partial charge in [-0.15, -0.1) is 0 Å². The predicted molar refractivity (Wildman–Crippen MR) is 76.1 cm³/mol. The van der Waals surface area contributed by atoms with Gasteiger partial charge in [0.25, 0.3) is 0 Å². The van der Waals surface area contributed by atoms with Crippen LogP contribution in [0.1, 0.15) is 13.3 Å². The SMILES string of the molecule is CC1(CN)CCN(CC(=O)Nc2ccc(Cl)cn2)C1. The van der Waals surface area contributed by atoms with Crippen molar-refractivity contribution < 1.29 is 4.79 Å². The van der Waals surface area contributed by atoms with Gasteiger partial charge in [0.1, 0.15) is 5.82 Å². The van der Waals surface area contributed by atoms with Crippen molar-refractivity contribution in [1.29, 1.82) is 0 Å². The lowest BCUT2D eigenvalue weighted by molar-refractivity contribution is -0.117. The molecule has 6 heteroatoms. The average Bonchev–Trinajstić information content (AvgIpc) is 2.74. The molecule has 1 amide bonds. The van der Waals surface area contributed by atoms with E-state index in [1.54, 1.807) is 12.1 Å². The van der Waals surface area contributed by atoms with E-state index in [2.05, 4.69) is 22.1 Å². The first-order valence-electron chi connectivity index (χ1n) is 6.35. The van der Waals surface area contributed by atoms with Crippen LogP contribution < -0.4 is 11.1 Å². The van der Waals surface area contributed by atoms with Crippen LogP contribution in [0.4, 0.5) is 5.82 Å². The maximum atomic E-state index is 11.9. The topological polar surface area (TPSA) is 71.2 Å². The van der Waals surface area contributed by atoms with Gasteiger partial charge in [-0.1, -0.05) is 18.5 Å². The normalized spacial score (nSPS) is 23.5. The standard InChI is InChI=1S/C13H19ClN4O/c1-13(8-15)4-5-18(9-13)7-12(19)17-11-3-2-10(14)6-16-11/h2-3,6H,4-5,7-9,15H2,1H3,(H,16,17,19). The van der Waals surface area contributed by atoms with Gasteiger partial charge in [0.15, 0.2) is 0 Å². The van der Waals surface area contributed by atoms with E-state index in [4.69, 9.17) is 17.3 Å². The predicted octanol–water partition coefficient (Wildman–Crippen LogP) is 1.34. The number of likely N-dealkylation sites (tertiary alicyclic amines) is 1. The summed E-state index contributed by atoms with van der Waals surface area (Å²) in [5.74, 6) is 0.464. The molecular formula is C13H19ClN4O. The number of anilines is 1. The molecule has 1 aliphatic rings. The summed E-state index contributed by atoms with van der Waals surface area (Å²) in [5.41, 5.74) is 5.89. The Balaban J connectivity index is 1.84. The molecule has 0 aliphatic carbocycles. The first-order chi connectivity index (χ1) is 9.00. The second kappa shape index (κ2) is 5.86. The number of rotatable bonds is 4. The number of amides is 1. The molecule has 1 aromatic rings. The molecule has 0 spiro atoms. The van der Waals surface area contributed by atoms with Gasteiger partial charge in [0, 0.05) is 12.7 Å².